The fourth-order valence-corrected chi connectivity index (χ4v) is 4.56. The Labute approximate surface area is 140 Å². The van der Waals surface area contributed by atoms with E-state index in [1.807, 2.05) is 13.8 Å². The molecule has 130 valence electrons. The molecule has 2 rings (SSSR count). The molecule has 0 aromatic carbocycles. The van der Waals surface area contributed by atoms with E-state index in [9.17, 15) is 15.0 Å². The van der Waals surface area contributed by atoms with Crippen LogP contribution in [0.25, 0.3) is 0 Å². The predicted molar refractivity (Wildman–Crippen MR) is 91.7 cm³/mol. The van der Waals surface area contributed by atoms with Crippen molar-refractivity contribution in [1.29, 1.82) is 0 Å². The van der Waals surface area contributed by atoms with Crippen molar-refractivity contribution < 1.29 is 15.0 Å². The van der Waals surface area contributed by atoms with Gasteiger partial charge in [-0.05, 0) is 31.6 Å². The molecule has 0 heterocycles. The van der Waals surface area contributed by atoms with E-state index in [0.717, 1.165) is 19.3 Å². The van der Waals surface area contributed by atoms with Crippen molar-refractivity contribution in [2.24, 2.45) is 23.2 Å². The Hall–Kier alpha value is -0.850. The Balaban J connectivity index is 1.89. The number of aliphatic hydroxyl groups is 2. The molecule has 2 aliphatic rings. The van der Waals surface area contributed by atoms with E-state index in [1.54, 1.807) is 0 Å². The molecule has 6 atom stereocenters. The Morgan fingerprint density at radius 2 is 2.00 bits per heavy atom. The lowest BCUT2D eigenvalue weighted by atomic mass is 9.45. The molecule has 3 nitrogen and oxygen atoms in total. The van der Waals surface area contributed by atoms with Crippen molar-refractivity contribution in [3.8, 4) is 11.8 Å². The Morgan fingerprint density at radius 1 is 1.30 bits per heavy atom. The van der Waals surface area contributed by atoms with E-state index in [1.165, 1.54) is 19.3 Å². The van der Waals surface area contributed by atoms with E-state index in [-0.39, 0.29) is 23.2 Å². The molecule has 2 saturated carbocycles. The van der Waals surface area contributed by atoms with Gasteiger partial charge in [-0.1, -0.05) is 58.3 Å². The Kier molecular flexibility index (Phi) is 6.28. The third-order valence-corrected chi connectivity index (χ3v) is 6.01. The van der Waals surface area contributed by atoms with Crippen LogP contribution in [0.5, 0.6) is 0 Å². The number of rotatable bonds is 6. The summed E-state index contributed by atoms with van der Waals surface area (Å²) in [5, 5.41) is 20.4. The summed E-state index contributed by atoms with van der Waals surface area (Å²) in [7, 11) is 0. The summed E-state index contributed by atoms with van der Waals surface area (Å²) in [5.74, 6) is 6.35. The lowest BCUT2D eigenvalue weighted by Crippen LogP contribution is -2.62. The number of fused-ring (bicyclic) bond motifs is 1. The first-order valence-corrected chi connectivity index (χ1v) is 9.33. The Morgan fingerprint density at radius 3 is 2.70 bits per heavy atom. The highest BCUT2D eigenvalue weighted by Gasteiger charge is 2.62. The third-order valence-electron chi connectivity index (χ3n) is 6.01. The third kappa shape index (κ3) is 3.80. The molecule has 2 aliphatic carbocycles. The van der Waals surface area contributed by atoms with Crippen LogP contribution in [-0.2, 0) is 4.79 Å². The molecule has 0 radical (unpaired) electrons. The summed E-state index contributed by atoms with van der Waals surface area (Å²) < 4.78 is 0. The van der Waals surface area contributed by atoms with Gasteiger partial charge in [-0.15, -0.1) is 0 Å². The molecule has 0 aromatic rings. The second-order valence-electron chi connectivity index (χ2n) is 7.74. The van der Waals surface area contributed by atoms with Crippen molar-refractivity contribution >= 4 is 5.78 Å². The normalized spacial score (nSPS) is 37.3. The highest BCUT2D eigenvalue weighted by atomic mass is 16.3. The maximum absolute atomic E-state index is 12.2. The van der Waals surface area contributed by atoms with Crippen molar-refractivity contribution in [3.05, 3.63) is 0 Å². The topological polar surface area (TPSA) is 57.5 Å². The number of carbonyl (C=O) groups excluding carboxylic acids is 1. The minimum atomic E-state index is -0.608. The Bertz CT molecular complexity index is 475. The van der Waals surface area contributed by atoms with Gasteiger partial charge >= 0.3 is 0 Å². The fourth-order valence-electron chi connectivity index (χ4n) is 4.56. The van der Waals surface area contributed by atoms with Gasteiger partial charge in [0.2, 0.25) is 0 Å². The largest absolute Gasteiger partial charge is 0.392 e. The van der Waals surface area contributed by atoms with Gasteiger partial charge in [-0.3, -0.25) is 4.79 Å². The molecule has 2 fully saturated rings. The molecule has 0 aliphatic heterocycles. The lowest BCUT2D eigenvalue weighted by Gasteiger charge is -2.57. The van der Waals surface area contributed by atoms with Crippen molar-refractivity contribution in [2.75, 3.05) is 0 Å². The van der Waals surface area contributed by atoms with Crippen LogP contribution in [0, 0.1) is 35.0 Å². The summed E-state index contributed by atoms with van der Waals surface area (Å²) in [6, 6.07) is 0. The van der Waals surface area contributed by atoms with E-state index < -0.39 is 12.2 Å². The number of hydrogen-bond acceptors (Lipinski definition) is 3. The molecule has 23 heavy (non-hydrogen) atoms. The first kappa shape index (κ1) is 18.5. The SMILES string of the molecule is CCCCCCC[C@H](O)C#C[C@@H]1[C@@H](O)CC[C@@]2(C)C(=O)C(C)[C@@H]12. The van der Waals surface area contributed by atoms with Crippen LogP contribution < -0.4 is 0 Å². The second-order valence-corrected chi connectivity index (χ2v) is 7.74. The van der Waals surface area contributed by atoms with Gasteiger partial charge in [0.15, 0.2) is 0 Å². The summed E-state index contributed by atoms with van der Waals surface area (Å²) >= 11 is 0. The summed E-state index contributed by atoms with van der Waals surface area (Å²) in [6.45, 7) is 6.16. The van der Waals surface area contributed by atoms with Gasteiger partial charge in [-0.25, -0.2) is 0 Å². The van der Waals surface area contributed by atoms with E-state index in [4.69, 9.17) is 0 Å². The maximum atomic E-state index is 12.2. The summed E-state index contributed by atoms with van der Waals surface area (Å²) in [6.07, 6.45) is 6.87. The molecular weight excluding hydrogens is 288 g/mol. The molecule has 0 bridgehead atoms. The van der Waals surface area contributed by atoms with E-state index >= 15 is 0 Å². The van der Waals surface area contributed by atoms with Crippen LogP contribution in [0.2, 0.25) is 0 Å². The van der Waals surface area contributed by atoms with E-state index in [2.05, 4.69) is 18.8 Å². The van der Waals surface area contributed by atoms with Gasteiger partial charge < -0.3 is 10.2 Å². The predicted octanol–water partition coefficient (Wildman–Crippen LogP) is 3.32. The smallest absolute Gasteiger partial charge is 0.142 e. The van der Waals surface area contributed by atoms with Crippen molar-refractivity contribution in [3.63, 3.8) is 0 Å². The van der Waals surface area contributed by atoms with Crippen LogP contribution in [0.3, 0.4) is 0 Å². The average Bonchev–Trinajstić information content (AvgIpc) is 2.54. The quantitative estimate of drug-likeness (QED) is 0.583. The number of hydrogen-bond donors (Lipinski definition) is 2. The molecule has 0 saturated heterocycles. The zero-order valence-corrected chi connectivity index (χ0v) is 14.8. The summed E-state index contributed by atoms with van der Waals surface area (Å²) in [5.41, 5.74) is -0.302. The van der Waals surface area contributed by atoms with Gasteiger partial charge in [0, 0.05) is 11.3 Å². The number of carbonyl (C=O) groups is 1. The zero-order chi connectivity index (χ0) is 17.0. The molecular formula is C20H32O3. The van der Waals surface area contributed by atoms with Gasteiger partial charge in [0.05, 0.1) is 12.0 Å². The van der Waals surface area contributed by atoms with Crippen LogP contribution >= 0.6 is 0 Å². The highest BCUT2D eigenvalue weighted by Crippen LogP contribution is 2.57. The average molecular weight is 320 g/mol. The number of aliphatic hydroxyl groups excluding tert-OH is 2. The second kappa shape index (κ2) is 7.81. The van der Waals surface area contributed by atoms with Gasteiger partial charge in [0.25, 0.3) is 0 Å². The van der Waals surface area contributed by atoms with Crippen LogP contribution in [0.4, 0.5) is 0 Å². The molecule has 0 spiro atoms. The molecule has 0 aromatic heterocycles. The molecule has 0 amide bonds. The van der Waals surface area contributed by atoms with Gasteiger partial charge in [-0.2, -0.15) is 0 Å². The van der Waals surface area contributed by atoms with Crippen LogP contribution in [0.15, 0.2) is 0 Å². The van der Waals surface area contributed by atoms with Gasteiger partial charge in [0.1, 0.15) is 11.9 Å². The first-order valence-electron chi connectivity index (χ1n) is 9.33. The molecule has 3 heteroatoms. The van der Waals surface area contributed by atoms with Crippen LogP contribution in [0.1, 0.15) is 72.1 Å². The minimum Gasteiger partial charge on any atom is -0.392 e. The van der Waals surface area contributed by atoms with Crippen molar-refractivity contribution in [2.45, 2.75) is 84.3 Å². The molecule has 1 unspecified atom stereocenters. The fraction of sp³-hybridized carbons (Fsp3) is 0.850. The highest BCUT2D eigenvalue weighted by molar-refractivity contribution is 5.93. The first-order chi connectivity index (χ1) is 10.9. The monoisotopic (exact) mass is 320 g/mol. The van der Waals surface area contributed by atoms with Crippen molar-refractivity contribution in [1.82, 2.24) is 0 Å². The number of unbranched alkanes of at least 4 members (excludes halogenated alkanes) is 4. The number of Topliss-reactive ketones (excluding diaryl/α,β-unsaturated/α-hetero) is 1. The minimum absolute atomic E-state index is 0.0135. The standard InChI is InChI=1S/C20H32O3/c1-4-5-6-7-8-9-15(21)10-11-16-17(22)12-13-20(3)18(16)14(2)19(20)23/h14-18,21-22H,4-9,12-13H2,1-3H3/t14?,15-,16+,17-,18-,20+/m0/s1. The van der Waals surface area contributed by atoms with Crippen LogP contribution in [-0.4, -0.2) is 28.2 Å². The zero-order valence-electron chi connectivity index (χ0n) is 14.8. The lowest BCUT2D eigenvalue weighted by molar-refractivity contribution is -0.169. The summed E-state index contributed by atoms with van der Waals surface area (Å²) in [4.78, 5) is 12.2. The molecule has 2 N–H and O–H groups in total. The maximum Gasteiger partial charge on any atom is 0.142 e. The van der Waals surface area contributed by atoms with E-state index in [0.29, 0.717) is 18.6 Å². The number of ketones is 1.